The minimum atomic E-state index is -1.53. The Hall–Kier alpha value is -0.915. The molecule has 0 radical (unpaired) electrons. The lowest BCUT2D eigenvalue weighted by molar-refractivity contribution is -0.0725. The molecule has 1 aromatic rings. The molecule has 0 bridgehead atoms. The molecule has 0 saturated carbocycles. The highest BCUT2D eigenvalue weighted by atomic mass is 16.7. The van der Waals surface area contributed by atoms with Gasteiger partial charge in [-0.1, -0.05) is 24.3 Å². The van der Waals surface area contributed by atoms with Crippen LogP contribution in [0.2, 0.25) is 0 Å². The van der Waals surface area contributed by atoms with Crippen LogP contribution in [0.15, 0.2) is 24.3 Å². The number of benzene rings is 1. The summed E-state index contributed by atoms with van der Waals surface area (Å²) in [6, 6.07) is 7.59. The van der Waals surface area contributed by atoms with Crippen LogP contribution in [0.1, 0.15) is 46.2 Å². The van der Waals surface area contributed by atoms with Crippen LogP contribution in [0.3, 0.4) is 0 Å². The first-order valence-electron chi connectivity index (χ1n) is 7.20. The number of hydrogen-bond acceptors (Lipinski definition) is 5. The maximum atomic E-state index is 8.93. The van der Waals surface area contributed by atoms with E-state index in [9.17, 15) is 0 Å². The van der Waals surface area contributed by atoms with Gasteiger partial charge in [0.15, 0.2) is 0 Å². The third kappa shape index (κ3) is 3.47. The van der Waals surface area contributed by atoms with Gasteiger partial charge in [0.05, 0.1) is 11.2 Å². The van der Waals surface area contributed by atoms with E-state index in [1.54, 1.807) is 0 Å². The highest BCUT2D eigenvalue weighted by Crippen LogP contribution is 2.36. The molecule has 1 atom stereocenters. The molecule has 1 heterocycles. The third-order valence-corrected chi connectivity index (χ3v) is 4.36. The van der Waals surface area contributed by atoms with E-state index in [4.69, 9.17) is 19.5 Å². The average molecular weight is 293 g/mol. The van der Waals surface area contributed by atoms with Gasteiger partial charge in [0, 0.05) is 6.04 Å². The van der Waals surface area contributed by atoms with Crippen molar-refractivity contribution in [3.8, 4) is 0 Å². The third-order valence-electron chi connectivity index (χ3n) is 4.36. The van der Waals surface area contributed by atoms with Gasteiger partial charge in [-0.3, -0.25) is 5.32 Å². The predicted octanol–water partition coefficient (Wildman–Crippen LogP) is 0.905. The van der Waals surface area contributed by atoms with Gasteiger partial charge in [-0.15, -0.1) is 0 Å². The van der Waals surface area contributed by atoms with Gasteiger partial charge in [-0.05, 0) is 45.6 Å². The first-order valence-corrected chi connectivity index (χ1v) is 7.20. The molecule has 21 heavy (non-hydrogen) atoms. The molecule has 6 heteroatoms. The average Bonchev–Trinajstić information content (AvgIpc) is 2.58. The lowest BCUT2D eigenvalue weighted by Crippen LogP contribution is -2.41. The summed E-state index contributed by atoms with van der Waals surface area (Å²) in [5, 5.41) is 20.5. The minimum absolute atomic E-state index is 0.155. The standard InChI is InChI=1S/C15H24BNO4/c1-10(17-13(18)19)11-6-8-12(9-7-11)16-20-14(2,3)15(4,5)21-16/h6-10,13,17-19H,1-5H3/t10-/m0/s1. The molecule has 1 aromatic carbocycles. The van der Waals surface area contributed by atoms with E-state index in [2.05, 4.69) is 5.32 Å². The number of aliphatic hydroxyl groups is 2. The lowest BCUT2D eigenvalue weighted by atomic mass is 9.78. The zero-order chi connectivity index (χ0) is 15.8. The summed E-state index contributed by atoms with van der Waals surface area (Å²) in [4.78, 5) is 0. The maximum Gasteiger partial charge on any atom is 0.494 e. The summed E-state index contributed by atoms with van der Waals surface area (Å²) in [5.74, 6) is 0. The van der Waals surface area contributed by atoms with Gasteiger partial charge in [0.25, 0.3) is 0 Å². The highest BCUT2D eigenvalue weighted by Gasteiger charge is 2.51. The van der Waals surface area contributed by atoms with Crippen LogP contribution < -0.4 is 10.8 Å². The molecule has 0 aromatic heterocycles. The van der Waals surface area contributed by atoms with Crippen molar-refractivity contribution in [1.29, 1.82) is 0 Å². The molecule has 2 rings (SSSR count). The van der Waals surface area contributed by atoms with E-state index in [0.717, 1.165) is 11.0 Å². The molecule has 0 aliphatic carbocycles. The van der Waals surface area contributed by atoms with Crippen molar-refractivity contribution in [3.05, 3.63) is 29.8 Å². The number of rotatable bonds is 4. The first kappa shape index (κ1) is 16.5. The van der Waals surface area contributed by atoms with Crippen molar-refractivity contribution in [2.45, 2.75) is 58.3 Å². The molecule has 1 fully saturated rings. The molecular weight excluding hydrogens is 269 g/mol. The van der Waals surface area contributed by atoms with E-state index >= 15 is 0 Å². The largest absolute Gasteiger partial charge is 0.494 e. The van der Waals surface area contributed by atoms with Crippen molar-refractivity contribution in [2.75, 3.05) is 0 Å². The highest BCUT2D eigenvalue weighted by molar-refractivity contribution is 6.62. The quantitative estimate of drug-likeness (QED) is 0.568. The van der Waals surface area contributed by atoms with E-state index in [-0.39, 0.29) is 24.4 Å². The van der Waals surface area contributed by atoms with Crippen molar-refractivity contribution >= 4 is 12.6 Å². The zero-order valence-corrected chi connectivity index (χ0v) is 13.3. The fraction of sp³-hybridized carbons (Fsp3) is 0.600. The Morgan fingerprint density at radius 1 is 1.00 bits per heavy atom. The molecule has 0 spiro atoms. The smallest absolute Gasteiger partial charge is 0.399 e. The molecular formula is C15H24BNO4. The Balaban J connectivity index is 2.10. The van der Waals surface area contributed by atoms with E-state index in [1.807, 2.05) is 58.9 Å². The molecule has 0 amide bonds. The molecule has 1 aliphatic rings. The Morgan fingerprint density at radius 3 is 1.90 bits per heavy atom. The molecule has 3 N–H and O–H groups in total. The van der Waals surface area contributed by atoms with Gasteiger partial charge >= 0.3 is 7.12 Å². The van der Waals surface area contributed by atoms with Crippen molar-refractivity contribution in [2.24, 2.45) is 0 Å². The fourth-order valence-electron chi connectivity index (χ4n) is 2.24. The second kappa shape index (κ2) is 5.70. The Labute approximate surface area is 126 Å². The van der Waals surface area contributed by atoms with Gasteiger partial charge < -0.3 is 19.5 Å². The number of hydrogen-bond donors (Lipinski definition) is 3. The summed E-state index contributed by atoms with van der Waals surface area (Å²) >= 11 is 0. The van der Waals surface area contributed by atoms with E-state index in [0.29, 0.717) is 0 Å². The molecule has 1 aliphatic heterocycles. The van der Waals surface area contributed by atoms with E-state index < -0.39 is 6.41 Å². The monoisotopic (exact) mass is 293 g/mol. The van der Waals surface area contributed by atoms with Crippen molar-refractivity contribution in [3.63, 3.8) is 0 Å². The lowest BCUT2D eigenvalue weighted by Gasteiger charge is -2.32. The van der Waals surface area contributed by atoms with Crippen LogP contribution in [0.25, 0.3) is 0 Å². The van der Waals surface area contributed by atoms with Crippen molar-refractivity contribution in [1.82, 2.24) is 5.32 Å². The Morgan fingerprint density at radius 2 is 1.48 bits per heavy atom. The molecule has 1 saturated heterocycles. The van der Waals surface area contributed by atoms with Crippen LogP contribution in [-0.4, -0.2) is 34.9 Å². The second-order valence-electron chi connectivity index (χ2n) is 6.52. The van der Waals surface area contributed by atoms with Crippen LogP contribution in [0.5, 0.6) is 0 Å². The Bertz CT molecular complexity index is 471. The van der Waals surface area contributed by atoms with Crippen LogP contribution in [0, 0.1) is 0 Å². The van der Waals surface area contributed by atoms with Crippen molar-refractivity contribution < 1.29 is 19.5 Å². The van der Waals surface area contributed by atoms with Gasteiger partial charge in [-0.2, -0.15) is 0 Å². The summed E-state index contributed by atoms with van der Waals surface area (Å²) in [5.41, 5.74) is 1.20. The SMILES string of the molecule is C[C@H](NC(O)O)c1ccc(B2OC(C)(C)C(C)(C)O2)cc1. The predicted molar refractivity (Wildman–Crippen MR) is 81.9 cm³/mol. The topological polar surface area (TPSA) is 71.0 Å². The van der Waals surface area contributed by atoms with Gasteiger partial charge in [0.2, 0.25) is 6.41 Å². The fourth-order valence-corrected chi connectivity index (χ4v) is 2.24. The van der Waals surface area contributed by atoms with Crippen LogP contribution in [-0.2, 0) is 9.31 Å². The number of aliphatic hydroxyl groups excluding tert-OH is 1. The maximum absolute atomic E-state index is 8.93. The molecule has 116 valence electrons. The number of nitrogens with one attached hydrogen (secondary N) is 1. The molecule has 0 unspecified atom stereocenters. The summed E-state index contributed by atoms with van der Waals surface area (Å²) in [6.07, 6.45) is -1.53. The summed E-state index contributed by atoms with van der Waals surface area (Å²) < 4.78 is 12.0. The Kier molecular flexibility index (Phi) is 4.47. The summed E-state index contributed by atoms with van der Waals surface area (Å²) in [7, 11) is -0.379. The van der Waals surface area contributed by atoms with Crippen LogP contribution >= 0.6 is 0 Å². The minimum Gasteiger partial charge on any atom is -0.399 e. The van der Waals surface area contributed by atoms with Gasteiger partial charge in [-0.25, -0.2) is 0 Å². The van der Waals surface area contributed by atoms with E-state index in [1.165, 1.54) is 0 Å². The zero-order valence-electron chi connectivity index (χ0n) is 13.3. The first-order chi connectivity index (χ1) is 9.62. The summed E-state index contributed by atoms with van der Waals surface area (Å²) in [6.45, 7) is 9.96. The van der Waals surface area contributed by atoms with Gasteiger partial charge in [0.1, 0.15) is 0 Å². The normalized spacial score (nSPS) is 21.8. The second-order valence-corrected chi connectivity index (χ2v) is 6.52. The molecule has 5 nitrogen and oxygen atoms in total. The van der Waals surface area contributed by atoms with Crippen LogP contribution in [0.4, 0.5) is 0 Å².